The zero-order valence-electron chi connectivity index (χ0n) is 22.8. The van der Waals surface area contributed by atoms with Crippen molar-refractivity contribution in [3.8, 4) is 17.0 Å². The second-order valence-corrected chi connectivity index (χ2v) is 11.8. The Balaban J connectivity index is 1.85. The molecule has 5 N–H and O–H groups in total. The Morgan fingerprint density at radius 1 is 1.17 bits per heavy atom. The molecule has 1 atom stereocenters. The molecule has 0 radical (unpaired) electrons. The number of anilines is 2. The fourth-order valence-electron chi connectivity index (χ4n) is 4.34. The molecule has 4 rings (SSSR count). The summed E-state index contributed by atoms with van der Waals surface area (Å²) in [5.41, 5.74) is 5.60. The number of rotatable bonds is 10. The van der Waals surface area contributed by atoms with E-state index in [1.54, 1.807) is 38.1 Å². The van der Waals surface area contributed by atoms with Crippen LogP contribution in [0.25, 0.3) is 22.2 Å². The van der Waals surface area contributed by atoms with Crippen LogP contribution >= 0.6 is 0 Å². The van der Waals surface area contributed by atoms with Gasteiger partial charge in [0.1, 0.15) is 5.82 Å². The highest BCUT2D eigenvalue weighted by Gasteiger charge is 2.31. The molecule has 0 aliphatic heterocycles. The number of aromatic nitrogens is 3. The molecule has 4 aromatic rings. The number of sulfonamides is 1. The summed E-state index contributed by atoms with van der Waals surface area (Å²) < 4.78 is 83.8. The molecule has 2 heterocycles. The highest BCUT2D eigenvalue weighted by atomic mass is 32.2. The summed E-state index contributed by atoms with van der Waals surface area (Å²) in [6, 6.07) is 9.31. The normalized spacial score (nSPS) is 12.8. The van der Waals surface area contributed by atoms with Crippen LogP contribution in [0.1, 0.15) is 41.9 Å². The number of alkyl halides is 3. The van der Waals surface area contributed by atoms with E-state index < -0.39 is 50.9 Å². The summed E-state index contributed by atoms with van der Waals surface area (Å²) in [5, 5.41) is 16.4. The number of aryl methyl sites for hydroxylation is 1. The van der Waals surface area contributed by atoms with Crippen LogP contribution in [0.15, 0.2) is 42.5 Å². The summed E-state index contributed by atoms with van der Waals surface area (Å²) in [4.78, 5) is 16.6. The first-order chi connectivity index (χ1) is 19.6. The molecule has 0 aliphatic carbocycles. The highest BCUT2D eigenvalue weighted by Crippen LogP contribution is 2.36. The Morgan fingerprint density at radius 3 is 2.50 bits per heavy atom. The van der Waals surface area contributed by atoms with Crippen LogP contribution < -0.4 is 15.8 Å². The number of nitrogens with two attached hydrogens (primary N) is 1. The van der Waals surface area contributed by atoms with Gasteiger partial charge in [0.05, 0.1) is 34.0 Å². The SMILES string of the molecule is CCC(C)S(=O)(=O)Nc1ccccc1CNc1nc(-c2cc(F)c(O)cc2CC(F)(F)F)cc2c1c(C(N)=O)nn2C. The first-order valence-corrected chi connectivity index (χ1v) is 14.2. The molecule has 0 spiro atoms. The monoisotopic (exact) mass is 608 g/mol. The van der Waals surface area contributed by atoms with Gasteiger partial charge in [-0.15, -0.1) is 0 Å². The highest BCUT2D eigenvalue weighted by molar-refractivity contribution is 7.93. The molecule has 2 aromatic carbocycles. The van der Waals surface area contributed by atoms with Crippen LogP contribution in [0, 0.1) is 5.82 Å². The number of benzene rings is 2. The minimum absolute atomic E-state index is 0.0181. The quantitative estimate of drug-likeness (QED) is 0.188. The van der Waals surface area contributed by atoms with Crippen LogP contribution in [0.3, 0.4) is 0 Å². The number of hydrogen-bond donors (Lipinski definition) is 4. The van der Waals surface area contributed by atoms with Gasteiger partial charge < -0.3 is 16.2 Å². The Kier molecular flexibility index (Phi) is 8.34. The second kappa shape index (κ2) is 11.5. The fraction of sp³-hybridized carbons (Fsp3) is 0.296. The number of nitrogens with zero attached hydrogens (tertiary/aromatic N) is 3. The molecule has 0 aliphatic rings. The Labute approximate surface area is 238 Å². The lowest BCUT2D eigenvalue weighted by molar-refractivity contribution is -0.127. The van der Waals surface area contributed by atoms with Crippen LogP contribution in [0.5, 0.6) is 5.75 Å². The van der Waals surface area contributed by atoms with Crippen molar-refractivity contribution in [2.45, 2.75) is 44.7 Å². The van der Waals surface area contributed by atoms with Crippen molar-refractivity contribution in [1.82, 2.24) is 14.8 Å². The van der Waals surface area contributed by atoms with Gasteiger partial charge in [0.2, 0.25) is 10.0 Å². The molecule has 0 fully saturated rings. The molecule has 0 bridgehead atoms. The van der Waals surface area contributed by atoms with Gasteiger partial charge in [0.25, 0.3) is 5.91 Å². The number of phenolic OH excluding ortho intramolecular Hbond substituents is 1. The standard InChI is InChI=1S/C27H28F4N6O4S/c1-4-14(2)42(40,41)36-19-8-6-5-7-15(19)13-33-26-23-21(37(3)35-24(23)25(32)39)11-20(34-26)17-10-18(28)22(38)9-16(17)12-27(29,30)31/h5-11,14,36,38H,4,12-13H2,1-3H3,(H2,32,39)(H,33,34). The van der Waals surface area contributed by atoms with Crippen molar-refractivity contribution >= 4 is 38.3 Å². The predicted octanol–water partition coefficient (Wildman–Crippen LogP) is 4.84. The van der Waals surface area contributed by atoms with Gasteiger partial charge in [-0.1, -0.05) is 25.1 Å². The molecule has 0 saturated carbocycles. The number of pyridine rings is 1. The lowest BCUT2D eigenvalue weighted by Gasteiger charge is -2.17. The zero-order chi connectivity index (χ0) is 31.0. The van der Waals surface area contributed by atoms with Crippen LogP contribution in [0.2, 0.25) is 0 Å². The lowest BCUT2D eigenvalue weighted by Crippen LogP contribution is -2.25. The van der Waals surface area contributed by atoms with E-state index in [-0.39, 0.29) is 45.9 Å². The first-order valence-electron chi connectivity index (χ1n) is 12.7. The number of hydrogen-bond acceptors (Lipinski definition) is 7. The smallest absolute Gasteiger partial charge is 0.393 e. The van der Waals surface area contributed by atoms with Crippen molar-refractivity contribution < 1.29 is 35.9 Å². The number of phenols is 1. The molecule has 224 valence electrons. The fourth-order valence-corrected chi connectivity index (χ4v) is 5.49. The maximum absolute atomic E-state index is 14.4. The number of fused-ring (bicyclic) bond motifs is 1. The second-order valence-electron chi connectivity index (χ2n) is 9.72. The maximum Gasteiger partial charge on any atom is 0.393 e. The number of halogens is 4. The van der Waals surface area contributed by atoms with Gasteiger partial charge in [0.15, 0.2) is 17.3 Å². The van der Waals surface area contributed by atoms with Crippen LogP contribution in [-0.4, -0.2) is 45.6 Å². The van der Waals surface area contributed by atoms with Crippen LogP contribution in [-0.2, 0) is 30.0 Å². The number of carbonyl (C=O) groups excluding carboxylic acids is 1. The third-order valence-corrected chi connectivity index (χ3v) is 8.62. The molecular formula is C27H28F4N6O4S. The summed E-state index contributed by atoms with van der Waals surface area (Å²) >= 11 is 0. The van der Waals surface area contributed by atoms with E-state index in [9.17, 15) is 35.9 Å². The molecule has 1 unspecified atom stereocenters. The number of primary amides is 1. The lowest BCUT2D eigenvalue weighted by atomic mass is 9.99. The van der Waals surface area contributed by atoms with Gasteiger partial charge in [-0.05, 0) is 48.7 Å². The maximum atomic E-state index is 14.4. The van der Waals surface area contributed by atoms with Crippen molar-refractivity contribution in [1.29, 1.82) is 0 Å². The predicted molar refractivity (Wildman–Crippen MR) is 150 cm³/mol. The average Bonchev–Trinajstić information content (AvgIpc) is 3.25. The summed E-state index contributed by atoms with van der Waals surface area (Å²) in [5.74, 6) is -3.02. The Morgan fingerprint density at radius 2 is 1.86 bits per heavy atom. The van der Waals surface area contributed by atoms with Gasteiger partial charge >= 0.3 is 6.18 Å². The molecule has 42 heavy (non-hydrogen) atoms. The van der Waals surface area contributed by atoms with E-state index in [4.69, 9.17) is 5.73 Å². The zero-order valence-corrected chi connectivity index (χ0v) is 23.6. The van der Waals surface area contributed by atoms with Crippen LogP contribution in [0.4, 0.5) is 29.1 Å². The molecule has 0 saturated heterocycles. The third-order valence-electron chi connectivity index (χ3n) is 6.73. The largest absolute Gasteiger partial charge is 0.505 e. The number of nitrogens with one attached hydrogen (secondary N) is 2. The van der Waals surface area contributed by atoms with Crippen molar-refractivity contribution in [3.63, 3.8) is 0 Å². The topological polar surface area (TPSA) is 152 Å². The first kappa shape index (κ1) is 30.6. The minimum atomic E-state index is -4.68. The van der Waals surface area contributed by atoms with Gasteiger partial charge in [-0.2, -0.15) is 18.3 Å². The van der Waals surface area contributed by atoms with E-state index in [2.05, 4.69) is 20.1 Å². The van der Waals surface area contributed by atoms with Gasteiger partial charge in [-0.25, -0.2) is 17.8 Å². The summed E-state index contributed by atoms with van der Waals surface area (Å²) in [6.07, 6.45) is -5.77. The Hall–Kier alpha value is -4.40. The number of aromatic hydroxyl groups is 1. The molecule has 15 heteroatoms. The average molecular weight is 609 g/mol. The molecular weight excluding hydrogens is 580 g/mol. The minimum Gasteiger partial charge on any atom is -0.505 e. The number of amides is 1. The van der Waals surface area contributed by atoms with Crippen molar-refractivity contribution in [2.24, 2.45) is 12.8 Å². The van der Waals surface area contributed by atoms with Crippen molar-refractivity contribution in [2.75, 3.05) is 10.0 Å². The van der Waals surface area contributed by atoms with Gasteiger partial charge in [-0.3, -0.25) is 14.2 Å². The van der Waals surface area contributed by atoms with E-state index in [1.165, 1.54) is 17.8 Å². The number of para-hydroxylation sites is 1. The third kappa shape index (κ3) is 6.40. The van der Waals surface area contributed by atoms with E-state index in [0.717, 1.165) is 6.07 Å². The molecule has 10 nitrogen and oxygen atoms in total. The van der Waals surface area contributed by atoms with Crippen molar-refractivity contribution in [3.05, 3.63) is 65.1 Å². The summed E-state index contributed by atoms with van der Waals surface area (Å²) in [7, 11) is -2.22. The molecule has 1 amide bonds. The van der Waals surface area contributed by atoms with E-state index in [1.807, 2.05) is 0 Å². The van der Waals surface area contributed by atoms with Gasteiger partial charge in [0, 0.05) is 19.2 Å². The number of carbonyl (C=O) groups is 1. The summed E-state index contributed by atoms with van der Waals surface area (Å²) in [6.45, 7) is 3.27. The van der Waals surface area contributed by atoms with E-state index in [0.29, 0.717) is 18.1 Å². The van der Waals surface area contributed by atoms with E-state index >= 15 is 0 Å². The Bertz CT molecular complexity index is 1770. The molecule has 2 aromatic heterocycles.